The van der Waals surface area contributed by atoms with E-state index in [2.05, 4.69) is 11.9 Å². The van der Waals surface area contributed by atoms with Gasteiger partial charge in [0.15, 0.2) is 0 Å². The van der Waals surface area contributed by atoms with Crippen LogP contribution < -0.4 is 4.74 Å². The second kappa shape index (κ2) is 5.64. The summed E-state index contributed by atoms with van der Waals surface area (Å²) < 4.78 is 19.2. The summed E-state index contributed by atoms with van der Waals surface area (Å²) in [6.07, 6.45) is 5.28. The summed E-state index contributed by atoms with van der Waals surface area (Å²) in [7, 11) is 2.15. The van der Waals surface area contributed by atoms with Crippen molar-refractivity contribution in [2.24, 2.45) is 0 Å². The first-order valence-electron chi connectivity index (χ1n) is 7.46. The molecule has 21 heavy (non-hydrogen) atoms. The van der Waals surface area contributed by atoms with Crippen LogP contribution in [0.5, 0.6) is 5.75 Å². The first kappa shape index (κ1) is 14.3. The van der Waals surface area contributed by atoms with Crippen LogP contribution in [0.15, 0.2) is 18.2 Å². The summed E-state index contributed by atoms with van der Waals surface area (Å²) in [6, 6.07) is 4.58. The molecule has 3 atom stereocenters. The van der Waals surface area contributed by atoms with E-state index in [9.17, 15) is 14.3 Å². The SMILES string of the molecule is CN1[C@@H]2CCC[C@H]1C[C@@H](Oc1cc(F)ccc1C(=O)O)C2. The summed E-state index contributed by atoms with van der Waals surface area (Å²) in [5.74, 6) is -1.41. The highest BCUT2D eigenvalue weighted by Crippen LogP contribution is 2.35. The van der Waals surface area contributed by atoms with Gasteiger partial charge in [0.1, 0.15) is 23.2 Å². The topological polar surface area (TPSA) is 49.8 Å². The number of piperidine rings is 2. The highest BCUT2D eigenvalue weighted by Gasteiger charge is 2.37. The normalized spacial score (nSPS) is 29.1. The lowest BCUT2D eigenvalue weighted by Gasteiger charge is -2.46. The Morgan fingerprint density at radius 3 is 2.62 bits per heavy atom. The molecule has 1 N–H and O–H groups in total. The largest absolute Gasteiger partial charge is 0.489 e. The monoisotopic (exact) mass is 293 g/mol. The van der Waals surface area contributed by atoms with Gasteiger partial charge < -0.3 is 14.7 Å². The van der Waals surface area contributed by atoms with Gasteiger partial charge in [-0.1, -0.05) is 6.42 Å². The van der Waals surface area contributed by atoms with Crippen molar-refractivity contribution in [3.63, 3.8) is 0 Å². The third kappa shape index (κ3) is 2.88. The molecule has 3 rings (SSSR count). The van der Waals surface area contributed by atoms with Crippen LogP contribution in [0.2, 0.25) is 0 Å². The Bertz CT molecular complexity index is 534. The second-order valence-corrected chi connectivity index (χ2v) is 6.06. The highest BCUT2D eigenvalue weighted by molar-refractivity contribution is 5.90. The van der Waals surface area contributed by atoms with Crippen molar-refractivity contribution in [2.75, 3.05) is 7.05 Å². The van der Waals surface area contributed by atoms with E-state index in [1.165, 1.54) is 18.6 Å². The van der Waals surface area contributed by atoms with Crippen LogP contribution in [0.1, 0.15) is 42.5 Å². The first-order chi connectivity index (χ1) is 10.0. The predicted molar refractivity (Wildman–Crippen MR) is 76.2 cm³/mol. The van der Waals surface area contributed by atoms with Gasteiger partial charge in [-0.25, -0.2) is 9.18 Å². The third-order valence-corrected chi connectivity index (χ3v) is 4.76. The molecule has 2 fully saturated rings. The van der Waals surface area contributed by atoms with Gasteiger partial charge in [0.05, 0.1) is 0 Å². The summed E-state index contributed by atoms with van der Waals surface area (Å²) in [5.41, 5.74) is 0.0282. The number of aromatic carboxylic acids is 1. The minimum atomic E-state index is -1.09. The number of hydrogen-bond acceptors (Lipinski definition) is 3. The van der Waals surface area contributed by atoms with Crippen LogP contribution in [0, 0.1) is 5.82 Å². The van der Waals surface area contributed by atoms with E-state index in [-0.39, 0.29) is 17.4 Å². The average Bonchev–Trinajstić information content (AvgIpc) is 2.39. The van der Waals surface area contributed by atoms with Crippen LogP contribution in [0.4, 0.5) is 4.39 Å². The van der Waals surface area contributed by atoms with Gasteiger partial charge in [0.25, 0.3) is 0 Å². The molecule has 2 saturated heterocycles. The van der Waals surface area contributed by atoms with Crippen molar-refractivity contribution >= 4 is 5.97 Å². The number of carboxylic acids is 1. The van der Waals surface area contributed by atoms with Gasteiger partial charge in [0, 0.05) is 18.2 Å². The predicted octanol–water partition coefficient (Wildman–Crippen LogP) is 2.92. The molecule has 0 spiro atoms. The number of ether oxygens (including phenoxy) is 1. The number of hydrogen-bond donors (Lipinski definition) is 1. The number of fused-ring (bicyclic) bond motifs is 2. The Balaban J connectivity index is 1.78. The van der Waals surface area contributed by atoms with E-state index in [0.29, 0.717) is 12.1 Å². The summed E-state index contributed by atoms with van der Waals surface area (Å²) >= 11 is 0. The van der Waals surface area contributed by atoms with E-state index >= 15 is 0 Å². The zero-order valence-corrected chi connectivity index (χ0v) is 12.1. The standard InChI is InChI=1S/C16H20FNO3/c1-18-11-3-2-4-12(18)9-13(8-11)21-15-7-10(17)5-6-14(15)16(19)20/h5-7,11-13H,2-4,8-9H2,1H3,(H,19,20)/t11-,12+,13+. The van der Waals surface area contributed by atoms with Crippen molar-refractivity contribution in [3.8, 4) is 5.75 Å². The van der Waals surface area contributed by atoms with Crippen molar-refractivity contribution in [2.45, 2.75) is 50.3 Å². The highest BCUT2D eigenvalue weighted by atomic mass is 19.1. The molecule has 2 bridgehead atoms. The summed E-state index contributed by atoms with van der Waals surface area (Å²) in [5, 5.41) is 9.18. The van der Waals surface area contributed by atoms with Gasteiger partial charge in [-0.2, -0.15) is 0 Å². The van der Waals surface area contributed by atoms with Crippen LogP contribution in [-0.4, -0.2) is 41.2 Å². The maximum atomic E-state index is 13.4. The molecule has 4 nitrogen and oxygen atoms in total. The van der Waals surface area contributed by atoms with Crippen molar-refractivity contribution in [3.05, 3.63) is 29.6 Å². The van der Waals surface area contributed by atoms with Crippen LogP contribution >= 0.6 is 0 Å². The Kier molecular flexibility index (Phi) is 3.85. The molecular weight excluding hydrogens is 273 g/mol. The van der Waals surface area contributed by atoms with Crippen LogP contribution in [-0.2, 0) is 0 Å². The van der Waals surface area contributed by atoms with E-state index in [0.717, 1.165) is 31.7 Å². The maximum Gasteiger partial charge on any atom is 0.339 e. The Morgan fingerprint density at radius 2 is 2.00 bits per heavy atom. The molecule has 0 radical (unpaired) electrons. The quantitative estimate of drug-likeness (QED) is 0.931. The van der Waals surface area contributed by atoms with E-state index in [1.807, 2.05) is 0 Å². The lowest BCUT2D eigenvalue weighted by atomic mass is 9.83. The summed E-state index contributed by atoms with van der Waals surface area (Å²) in [6.45, 7) is 0. The first-order valence-corrected chi connectivity index (χ1v) is 7.46. The van der Waals surface area contributed by atoms with Gasteiger partial charge in [-0.15, -0.1) is 0 Å². The zero-order chi connectivity index (χ0) is 15.0. The average molecular weight is 293 g/mol. The minimum Gasteiger partial charge on any atom is -0.489 e. The third-order valence-electron chi connectivity index (χ3n) is 4.76. The molecule has 1 aromatic carbocycles. The Hall–Kier alpha value is -1.62. The molecule has 0 amide bonds. The van der Waals surface area contributed by atoms with Crippen molar-refractivity contribution < 1.29 is 19.0 Å². The molecule has 114 valence electrons. The molecule has 0 unspecified atom stereocenters. The molecule has 1 aromatic rings. The van der Waals surface area contributed by atoms with Crippen molar-refractivity contribution in [1.82, 2.24) is 4.90 Å². The molecule has 2 heterocycles. The minimum absolute atomic E-state index is 0.0282. The van der Waals surface area contributed by atoms with Crippen LogP contribution in [0.3, 0.4) is 0 Å². The zero-order valence-electron chi connectivity index (χ0n) is 12.1. The molecular formula is C16H20FNO3. The Labute approximate surface area is 123 Å². The lowest BCUT2D eigenvalue weighted by Crippen LogP contribution is -2.52. The van der Waals surface area contributed by atoms with Gasteiger partial charge in [-0.3, -0.25) is 0 Å². The second-order valence-electron chi connectivity index (χ2n) is 6.06. The van der Waals surface area contributed by atoms with E-state index in [1.54, 1.807) is 0 Å². The fourth-order valence-corrected chi connectivity index (χ4v) is 3.61. The summed E-state index contributed by atoms with van der Waals surface area (Å²) in [4.78, 5) is 13.6. The molecule has 0 aliphatic carbocycles. The number of rotatable bonds is 3. The Morgan fingerprint density at radius 1 is 1.33 bits per heavy atom. The smallest absolute Gasteiger partial charge is 0.339 e. The van der Waals surface area contributed by atoms with Gasteiger partial charge in [-0.05, 0) is 44.9 Å². The van der Waals surface area contributed by atoms with E-state index in [4.69, 9.17) is 4.74 Å². The number of nitrogens with zero attached hydrogens (tertiary/aromatic N) is 1. The van der Waals surface area contributed by atoms with Gasteiger partial charge in [0.2, 0.25) is 0 Å². The molecule has 2 aliphatic heterocycles. The fourth-order valence-electron chi connectivity index (χ4n) is 3.61. The number of benzene rings is 1. The number of carboxylic acid groups (broad SMARTS) is 1. The number of carbonyl (C=O) groups is 1. The molecule has 2 aliphatic rings. The molecule has 5 heteroatoms. The van der Waals surface area contributed by atoms with Gasteiger partial charge >= 0.3 is 5.97 Å². The van der Waals surface area contributed by atoms with Crippen LogP contribution in [0.25, 0.3) is 0 Å². The molecule has 0 aromatic heterocycles. The molecule has 0 saturated carbocycles. The fraction of sp³-hybridized carbons (Fsp3) is 0.562. The maximum absolute atomic E-state index is 13.4. The number of halogens is 1. The lowest BCUT2D eigenvalue weighted by molar-refractivity contribution is -0.000376. The van der Waals surface area contributed by atoms with E-state index < -0.39 is 11.8 Å². The van der Waals surface area contributed by atoms with Crippen molar-refractivity contribution in [1.29, 1.82) is 0 Å².